The van der Waals surface area contributed by atoms with E-state index in [0.29, 0.717) is 0 Å². The first-order valence-corrected chi connectivity index (χ1v) is 4.97. The molecule has 0 bridgehead atoms. The molecular weight excluding hydrogens is 207 g/mol. The normalized spacial score (nSPS) is 12.7. The van der Waals surface area contributed by atoms with Crippen LogP contribution in [-0.4, -0.2) is 21.8 Å². The molecule has 4 nitrogen and oxygen atoms in total. The van der Waals surface area contributed by atoms with Gasteiger partial charge in [0.05, 0.1) is 18.4 Å². The second kappa shape index (κ2) is 4.40. The van der Waals surface area contributed by atoms with Gasteiger partial charge in [0.15, 0.2) is 0 Å². The lowest BCUT2D eigenvalue weighted by atomic mass is 10.0. The third-order valence-corrected chi connectivity index (χ3v) is 2.41. The van der Waals surface area contributed by atoms with Crippen LogP contribution >= 0.6 is 0 Å². The monoisotopic (exact) mass is 220 g/mol. The highest BCUT2D eigenvalue weighted by molar-refractivity contribution is 5.26. The van der Waals surface area contributed by atoms with E-state index in [4.69, 9.17) is 0 Å². The van der Waals surface area contributed by atoms with E-state index in [1.54, 1.807) is 17.1 Å². The van der Waals surface area contributed by atoms with Crippen molar-refractivity contribution in [3.05, 3.63) is 47.8 Å². The average molecular weight is 220 g/mol. The molecule has 0 saturated carbocycles. The second-order valence-electron chi connectivity index (χ2n) is 3.61. The number of aromatic nitrogens is 3. The molecule has 0 spiro atoms. The SMILES string of the molecule is CNC(c1cncc(F)c1)c1cnn(C)c1. The van der Waals surface area contributed by atoms with Crippen LogP contribution < -0.4 is 5.32 Å². The molecule has 2 aromatic heterocycles. The van der Waals surface area contributed by atoms with Crippen molar-refractivity contribution in [2.75, 3.05) is 7.05 Å². The Morgan fingerprint density at radius 2 is 2.12 bits per heavy atom. The van der Waals surface area contributed by atoms with Crippen LogP contribution in [0, 0.1) is 5.82 Å². The molecule has 1 N–H and O–H groups in total. The van der Waals surface area contributed by atoms with Gasteiger partial charge in [-0.2, -0.15) is 5.10 Å². The summed E-state index contributed by atoms with van der Waals surface area (Å²) in [7, 11) is 3.67. The van der Waals surface area contributed by atoms with Crippen molar-refractivity contribution in [1.29, 1.82) is 0 Å². The molecule has 0 aliphatic heterocycles. The molecule has 0 radical (unpaired) electrons. The number of rotatable bonds is 3. The summed E-state index contributed by atoms with van der Waals surface area (Å²) >= 11 is 0. The van der Waals surface area contributed by atoms with Crippen LogP contribution in [0.3, 0.4) is 0 Å². The van der Waals surface area contributed by atoms with Crippen LogP contribution in [0.25, 0.3) is 0 Å². The molecule has 0 fully saturated rings. The van der Waals surface area contributed by atoms with Crippen molar-refractivity contribution in [1.82, 2.24) is 20.1 Å². The lowest BCUT2D eigenvalue weighted by Gasteiger charge is -2.14. The summed E-state index contributed by atoms with van der Waals surface area (Å²) in [4.78, 5) is 3.84. The first-order valence-electron chi connectivity index (χ1n) is 4.97. The van der Waals surface area contributed by atoms with Gasteiger partial charge in [-0.3, -0.25) is 9.67 Å². The van der Waals surface area contributed by atoms with E-state index in [0.717, 1.165) is 11.1 Å². The Labute approximate surface area is 93.1 Å². The van der Waals surface area contributed by atoms with E-state index in [-0.39, 0.29) is 11.9 Å². The number of nitrogens with zero attached hydrogens (tertiary/aromatic N) is 3. The van der Waals surface area contributed by atoms with Crippen LogP contribution in [0.15, 0.2) is 30.9 Å². The summed E-state index contributed by atoms with van der Waals surface area (Å²) in [6.07, 6.45) is 6.49. The van der Waals surface area contributed by atoms with Gasteiger partial charge in [0.25, 0.3) is 0 Å². The molecule has 0 aliphatic carbocycles. The highest BCUT2D eigenvalue weighted by Crippen LogP contribution is 2.20. The number of nitrogens with one attached hydrogen (secondary N) is 1. The van der Waals surface area contributed by atoms with E-state index < -0.39 is 0 Å². The van der Waals surface area contributed by atoms with Gasteiger partial charge in [-0.25, -0.2) is 4.39 Å². The van der Waals surface area contributed by atoms with Gasteiger partial charge in [0.2, 0.25) is 0 Å². The van der Waals surface area contributed by atoms with Crippen molar-refractivity contribution in [2.45, 2.75) is 6.04 Å². The first-order chi connectivity index (χ1) is 7.70. The standard InChI is InChI=1S/C11H13FN4/c1-13-11(9-5-15-16(2)7-9)8-3-10(12)6-14-4-8/h3-7,11,13H,1-2H3. The van der Waals surface area contributed by atoms with E-state index in [9.17, 15) is 4.39 Å². The molecule has 1 atom stereocenters. The molecule has 84 valence electrons. The molecule has 0 amide bonds. The van der Waals surface area contributed by atoms with Gasteiger partial charge >= 0.3 is 0 Å². The third kappa shape index (κ3) is 2.09. The number of aryl methyl sites for hydroxylation is 1. The maximum Gasteiger partial charge on any atom is 0.141 e. The Bertz CT molecular complexity index is 480. The predicted octanol–water partition coefficient (Wildman–Crippen LogP) is 1.26. The van der Waals surface area contributed by atoms with Crippen molar-refractivity contribution in [3.63, 3.8) is 0 Å². The Balaban J connectivity index is 2.36. The smallest absolute Gasteiger partial charge is 0.141 e. The lowest BCUT2D eigenvalue weighted by Crippen LogP contribution is -2.17. The Kier molecular flexibility index (Phi) is 2.96. The van der Waals surface area contributed by atoms with Gasteiger partial charge in [-0.1, -0.05) is 0 Å². The molecule has 0 aromatic carbocycles. The Morgan fingerprint density at radius 1 is 1.31 bits per heavy atom. The summed E-state index contributed by atoms with van der Waals surface area (Å²) in [5.74, 6) is -0.332. The number of hydrogen-bond acceptors (Lipinski definition) is 3. The molecule has 2 aromatic rings. The molecule has 1 unspecified atom stereocenters. The summed E-state index contributed by atoms with van der Waals surface area (Å²) in [5, 5.41) is 7.21. The molecule has 2 heterocycles. The maximum absolute atomic E-state index is 13.1. The fraction of sp³-hybridized carbons (Fsp3) is 0.273. The van der Waals surface area contributed by atoms with Crippen molar-refractivity contribution < 1.29 is 4.39 Å². The molecule has 0 aliphatic rings. The second-order valence-corrected chi connectivity index (χ2v) is 3.61. The zero-order valence-corrected chi connectivity index (χ0v) is 9.18. The Morgan fingerprint density at radius 3 is 2.69 bits per heavy atom. The summed E-state index contributed by atoms with van der Waals surface area (Å²) in [6, 6.07) is 1.39. The highest BCUT2D eigenvalue weighted by Gasteiger charge is 2.14. The summed E-state index contributed by atoms with van der Waals surface area (Å²) in [5.41, 5.74) is 1.77. The van der Waals surface area contributed by atoms with E-state index in [1.165, 1.54) is 12.3 Å². The zero-order valence-electron chi connectivity index (χ0n) is 9.18. The molecule has 2 rings (SSSR count). The average Bonchev–Trinajstić information content (AvgIpc) is 2.66. The minimum Gasteiger partial charge on any atom is -0.309 e. The van der Waals surface area contributed by atoms with Gasteiger partial charge in [-0.15, -0.1) is 0 Å². The van der Waals surface area contributed by atoms with Crippen LogP contribution in [0.5, 0.6) is 0 Å². The van der Waals surface area contributed by atoms with Crippen LogP contribution in [0.4, 0.5) is 4.39 Å². The number of hydrogen-bond donors (Lipinski definition) is 1. The van der Waals surface area contributed by atoms with Gasteiger partial charge < -0.3 is 5.32 Å². The molecular formula is C11H13FN4. The summed E-state index contributed by atoms with van der Waals surface area (Å²) < 4.78 is 14.8. The fourth-order valence-corrected chi connectivity index (χ4v) is 1.70. The largest absolute Gasteiger partial charge is 0.309 e. The van der Waals surface area contributed by atoms with Crippen LogP contribution in [0.1, 0.15) is 17.2 Å². The van der Waals surface area contributed by atoms with Gasteiger partial charge in [0.1, 0.15) is 5.82 Å². The van der Waals surface area contributed by atoms with Gasteiger partial charge in [0, 0.05) is 25.0 Å². The van der Waals surface area contributed by atoms with Gasteiger partial charge in [-0.05, 0) is 18.7 Å². The fourth-order valence-electron chi connectivity index (χ4n) is 1.70. The molecule has 0 saturated heterocycles. The maximum atomic E-state index is 13.1. The van der Waals surface area contributed by atoms with E-state index in [1.807, 2.05) is 20.3 Å². The predicted molar refractivity (Wildman–Crippen MR) is 58.3 cm³/mol. The van der Waals surface area contributed by atoms with Crippen molar-refractivity contribution >= 4 is 0 Å². The minimum atomic E-state index is -0.332. The Hall–Kier alpha value is -1.75. The first kappa shape index (κ1) is 10.8. The quantitative estimate of drug-likeness (QED) is 0.846. The van der Waals surface area contributed by atoms with Crippen molar-refractivity contribution in [3.8, 4) is 0 Å². The molecule has 5 heteroatoms. The summed E-state index contributed by atoms with van der Waals surface area (Å²) in [6.45, 7) is 0. The topological polar surface area (TPSA) is 42.7 Å². The van der Waals surface area contributed by atoms with Crippen LogP contribution in [-0.2, 0) is 7.05 Å². The van der Waals surface area contributed by atoms with E-state index in [2.05, 4.69) is 15.4 Å². The highest BCUT2D eigenvalue weighted by atomic mass is 19.1. The lowest BCUT2D eigenvalue weighted by molar-refractivity contribution is 0.608. The number of halogens is 1. The zero-order chi connectivity index (χ0) is 11.5. The molecule has 16 heavy (non-hydrogen) atoms. The third-order valence-electron chi connectivity index (χ3n) is 2.41. The van der Waals surface area contributed by atoms with E-state index >= 15 is 0 Å². The number of pyridine rings is 1. The minimum absolute atomic E-state index is 0.0862. The van der Waals surface area contributed by atoms with Crippen molar-refractivity contribution in [2.24, 2.45) is 7.05 Å². The van der Waals surface area contributed by atoms with Crippen LogP contribution in [0.2, 0.25) is 0 Å².